The summed E-state index contributed by atoms with van der Waals surface area (Å²) in [6.45, 7) is 12.7. The third-order valence-corrected chi connectivity index (χ3v) is 7.80. The molecule has 0 saturated heterocycles. The second-order valence-electron chi connectivity index (χ2n) is 11.0. The summed E-state index contributed by atoms with van der Waals surface area (Å²) in [5, 5.41) is 0. The molecule has 0 unspecified atom stereocenters. The molecule has 6 nitrogen and oxygen atoms in total. The minimum absolute atomic E-state index is 0.168. The summed E-state index contributed by atoms with van der Waals surface area (Å²) >= 11 is 0. The van der Waals surface area contributed by atoms with Crippen molar-refractivity contribution in [2.75, 3.05) is 0 Å². The van der Waals surface area contributed by atoms with Crippen LogP contribution in [-0.2, 0) is 10.4 Å². The molecule has 4 aromatic carbocycles. The van der Waals surface area contributed by atoms with Gasteiger partial charge in [-0.2, -0.15) is 0 Å². The lowest BCUT2D eigenvalue weighted by Gasteiger charge is -2.19. The molecule has 0 radical (unpaired) electrons. The topological polar surface area (TPSA) is 71.1 Å². The number of benzene rings is 4. The van der Waals surface area contributed by atoms with Gasteiger partial charge in [0.05, 0.1) is 0 Å². The van der Waals surface area contributed by atoms with E-state index in [1.54, 1.807) is 36.4 Å². The molecule has 4 rings (SSSR count). The highest BCUT2D eigenvalue weighted by Crippen LogP contribution is 2.35. The Hall–Kier alpha value is -3.54. The van der Waals surface area contributed by atoms with E-state index >= 15 is 0 Å². The smallest absolute Gasteiger partial charge is 0.501 e. The fourth-order valence-electron chi connectivity index (χ4n) is 3.90. The Morgan fingerprint density at radius 2 is 0.821 bits per heavy atom. The van der Waals surface area contributed by atoms with Crippen LogP contribution in [0.3, 0.4) is 0 Å². The first-order valence-electron chi connectivity index (χ1n) is 12.7. The van der Waals surface area contributed by atoms with E-state index in [1.165, 1.54) is 0 Å². The second-order valence-corrected chi connectivity index (χ2v) is 21.1. The number of rotatable bonds is 10. The lowest BCUT2D eigenvalue weighted by Crippen LogP contribution is -2.29. The maximum atomic E-state index is 13.1. The predicted octanol–water partition coefficient (Wildman–Crippen LogP) is 8.15. The van der Waals surface area contributed by atoms with Crippen molar-refractivity contribution < 1.29 is 25.6 Å². The molecule has 0 saturated carbocycles. The van der Waals surface area contributed by atoms with Crippen molar-refractivity contribution >= 4 is 27.0 Å². The minimum Gasteiger partial charge on any atom is -0.544 e. The second kappa shape index (κ2) is 11.3. The molecule has 9 heteroatoms. The standard InChI is InChI=1S/C30H34O6SSi2/c1-38(2,3)35-25-19-15-23(16-20-25)27-11-7-9-13-29(27)33-37(31,32)34-30-14-10-8-12-28(30)24-17-21-26(22-18-24)36-39(4,5)6/h7-22H,1-6H3. The van der Waals surface area contributed by atoms with E-state index in [2.05, 4.69) is 39.3 Å². The quantitative estimate of drug-likeness (QED) is 0.177. The van der Waals surface area contributed by atoms with Gasteiger partial charge in [-0.05, 0) is 86.8 Å². The molecule has 0 aliphatic rings. The van der Waals surface area contributed by atoms with E-state index in [9.17, 15) is 8.42 Å². The van der Waals surface area contributed by atoms with Crippen LogP contribution in [0.1, 0.15) is 0 Å². The van der Waals surface area contributed by atoms with Crippen LogP contribution < -0.4 is 17.2 Å². The van der Waals surface area contributed by atoms with E-state index < -0.39 is 27.0 Å². The van der Waals surface area contributed by atoms with Crippen molar-refractivity contribution in [1.29, 1.82) is 0 Å². The van der Waals surface area contributed by atoms with Crippen LogP contribution in [0.25, 0.3) is 22.3 Å². The van der Waals surface area contributed by atoms with Crippen molar-refractivity contribution in [2.24, 2.45) is 0 Å². The summed E-state index contributed by atoms with van der Waals surface area (Å²) in [5.41, 5.74) is 2.83. The zero-order chi connectivity index (χ0) is 28.3. The molecule has 0 fully saturated rings. The summed E-state index contributed by atoms with van der Waals surface area (Å²) < 4.78 is 49.2. The highest BCUT2D eigenvalue weighted by atomic mass is 32.3. The number of para-hydroxylation sites is 2. The highest BCUT2D eigenvalue weighted by Gasteiger charge is 2.22. The summed E-state index contributed by atoms with van der Waals surface area (Å²) in [5.74, 6) is 1.90. The normalized spacial score (nSPS) is 12.1. The molecule has 4 aromatic rings. The Kier molecular flexibility index (Phi) is 8.24. The van der Waals surface area contributed by atoms with Crippen LogP contribution in [0.2, 0.25) is 39.3 Å². The van der Waals surface area contributed by atoms with Gasteiger partial charge in [-0.1, -0.05) is 60.7 Å². The van der Waals surface area contributed by atoms with Crippen LogP contribution in [0.5, 0.6) is 23.0 Å². The SMILES string of the molecule is C[Si](C)(C)Oc1ccc(-c2ccccc2OS(=O)(=O)Oc2ccccc2-c2ccc(O[Si](C)(C)C)cc2)cc1. The lowest BCUT2D eigenvalue weighted by molar-refractivity contribution is 0.393. The van der Waals surface area contributed by atoms with Gasteiger partial charge in [-0.15, -0.1) is 8.42 Å². The average Bonchev–Trinajstić information content (AvgIpc) is 2.83. The lowest BCUT2D eigenvalue weighted by atomic mass is 10.0. The zero-order valence-electron chi connectivity index (χ0n) is 23.1. The molecule has 0 N–H and O–H groups in total. The molecule has 0 atom stereocenters. The van der Waals surface area contributed by atoms with Crippen LogP contribution in [0.4, 0.5) is 0 Å². The van der Waals surface area contributed by atoms with Gasteiger partial charge in [-0.25, -0.2) is 0 Å². The van der Waals surface area contributed by atoms with Crippen LogP contribution in [0, 0.1) is 0 Å². The van der Waals surface area contributed by atoms with Crippen molar-refractivity contribution in [3.8, 4) is 45.3 Å². The van der Waals surface area contributed by atoms with Gasteiger partial charge in [0.25, 0.3) is 0 Å². The molecular formula is C30H34O6SSi2. The van der Waals surface area contributed by atoms with Gasteiger partial charge < -0.3 is 17.2 Å². The first-order valence-corrected chi connectivity index (χ1v) is 20.8. The van der Waals surface area contributed by atoms with Crippen LogP contribution in [0.15, 0.2) is 97.1 Å². The molecule has 0 aliphatic carbocycles. The highest BCUT2D eigenvalue weighted by molar-refractivity contribution is 7.82. The summed E-state index contributed by atoms with van der Waals surface area (Å²) in [4.78, 5) is 0. The van der Waals surface area contributed by atoms with Gasteiger partial charge in [0, 0.05) is 11.1 Å². The van der Waals surface area contributed by atoms with E-state index in [4.69, 9.17) is 17.2 Å². The Morgan fingerprint density at radius 3 is 1.15 bits per heavy atom. The zero-order valence-corrected chi connectivity index (χ0v) is 25.9. The molecule has 0 bridgehead atoms. The van der Waals surface area contributed by atoms with Crippen molar-refractivity contribution in [2.45, 2.75) is 39.3 Å². The summed E-state index contributed by atoms with van der Waals surface area (Å²) in [7, 11) is -7.93. The Bertz CT molecular complexity index is 1410. The maximum absolute atomic E-state index is 13.1. The fraction of sp³-hybridized carbons (Fsp3) is 0.200. The molecule has 0 amide bonds. The van der Waals surface area contributed by atoms with Crippen molar-refractivity contribution in [3.63, 3.8) is 0 Å². The predicted molar refractivity (Wildman–Crippen MR) is 162 cm³/mol. The van der Waals surface area contributed by atoms with E-state index in [0.717, 1.165) is 22.6 Å². The molecule has 0 spiro atoms. The summed E-state index contributed by atoms with van der Waals surface area (Å²) in [6.07, 6.45) is 0. The third-order valence-electron chi connectivity index (χ3n) is 5.34. The summed E-state index contributed by atoms with van der Waals surface area (Å²) in [6, 6.07) is 29.0. The first kappa shape index (κ1) is 28.5. The number of hydrogen-bond donors (Lipinski definition) is 0. The Balaban J connectivity index is 1.56. The molecule has 39 heavy (non-hydrogen) atoms. The van der Waals surface area contributed by atoms with E-state index in [-0.39, 0.29) is 11.5 Å². The maximum Gasteiger partial charge on any atom is 0.501 e. The molecular weight excluding hydrogens is 545 g/mol. The molecule has 0 aromatic heterocycles. The fourth-order valence-corrected chi connectivity index (χ4v) is 6.36. The first-order chi connectivity index (χ1) is 18.3. The number of hydrogen-bond acceptors (Lipinski definition) is 6. The average molecular weight is 579 g/mol. The van der Waals surface area contributed by atoms with Crippen molar-refractivity contribution in [3.05, 3.63) is 97.1 Å². The van der Waals surface area contributed by atoms with Gasteiger partial charge in [0.2, 0.25) is 16.6 Å². The van der Waals surface area contributed by atoms with E-state index in [1.807, 2.05) is 60.7 Å². The Labute approximate surface area is 233 Å². The largest absolute Gasteiger partial charge is 0.544 e. The van der Waals surface area contributed by atoms with Gasteiger partial charge in [0.1, 0.15) is 11.5 Å². The van der Waals surface area contributed by atoms with Crippen LogP contribution >= 0.6 is 0 Å². The monoisotopic (exact) mass is 578 g/mol. The van der Waals surface area contributed by atoms with Crippen molar-refractivity contribution in [1.82, 2.24) is 0 Å². The Morgan fingerprint density at radius 1 is 0.487 bits per heavy atom. The van der Waals surface area contributed by atoms with Crippen LogP contribution in [-0.4, -0.2) is 25.1 Å². The van der Waals surface area contributed by atoms with Gasteiger partial charge in [-0.3, -0.25) is 0 Å². The third kappa shape index (κ3) is 8.22. The minimum atomic E-state index is -4.45. The van der Waals surface area contributed by atoms with Gasteiger partial charge >= 0.3 is 10.4 Å². The molecule has 0 heterocycles. The van der Waals surface area contributed by atoms with Gasteiger partial charge in [0.15, 0.2) is 11.5 Å². The molecule has 204 valence electrons. The van der Waals surface area contributed by atoms with E-state index in [0.29, 0.717) is 11.1 Å². The molecule has 0 aliphatic heterocycles.